The second-order valence-corrected chi connectivity index (χ2v) is 4.81. The monoisotopic (exact) mass is 233 g/mol. The molecule has 1 aliphatic carbocycles. The highest BCUT2D eigenvalue weighted by Crippen LogP contribution is 2.23. The van der Waals surface area contributed by atoms with Gasteiger partial charge in [-0.15, -0.1) is 0 Å². The van der Waals surface area contributed by atoms with Gasteiger partial charge in [0, 0.05) is 6.54 Å². The van der Waals surface area contributed by atoms with Gasteiger partial charge in [-0.05, 0) is 43.4 Å². The van der Waals surface area contributed by atoms with Crippen LogP contribution in [0.25, 0.3) is 0 Å². The van der Waals surface area contributed by atoms with E-state index in [9.17, 15) is 0 Å². The minimum Gasteiger partial charge on any atom is -0.374 e. The highest BCUT2D eigenvalue weighted by molar-refractivity contribution is 5.26. The van der Waals surface area contributed by atoms with Gasteiger partial charge in [0.2, 0.25) is 0 Å². The molecular formula is C15H23NO. The van der Waals surface area contributed by atoms with E-state index >= 15 is 0 Å². The first-order chi connectivity index (χ1) is 8.40. The van der Waals surface area contributed by atoms with Crippen LogP contribution < -0.4 is 5.32 Å². The Morgan fingerprint density at radius 1 is 1.24 bits per heavy atom. The number of hydrogen-bond donors (Lipinski definition) is 1. The molecule has 1 aliphatic rings. The van der Waals surface area contributed by atoms with Gasteiger partial charge >= 0.3 is 0 Å². The molecule has 0 radical (unpaired) electrons. The van der Waals surface area contributed by atoms with Crippen LogP contribution in [0, 0.1) is 0 Å². The molecule has 0 amide bonds. The third kappa shape index (κ3) is 3.83. The van der Waals surface area contributed by atoms with Crippen LogP contribution in [0.15, 0.2) is 24.3 Å². The summed E-state index contributed by atoms with van der Waals surface area (Å²) in [6.07, 6.45) is 5.53. The minimum absolute atomic E-state index is 0.520. The minimum atomic E-state index is 0.520. The second kappa shape index (κ2) is 6.77. The molecule has 2 heteroatoms. The summed E-state index contributed by atoms with van der Waals surface area (Å²) in [7, 11) is 0. The Balaban J connectivity index is 1.85. The smallest absolute Gasteiger partial charge is 0.0723 e. The first-order valence-corrected chi connectivity index (χ1v) is 6.79. The van der Waals surface area contributed by atoms with Crippen LogP contribution in [-0.2, 0) is 17.9 Å². The molecule has 1 N–H and O–H groups in total. The summed E-state index contributed by atoms with van der Waals surface area (Å²) in [5, 5.41) is 3.45. The zero-order valence-electron chi connectivity index (χ0n) is 10.7. The first kappa shape index (κ1) is 12.6. The average Bonchev–Trinajstić information content (AvgIpc) is 2.29. The highest BCUT2D eigenvalue weighted by atomic mass is 16.5. The van der Waals surface area contributed by atoms with Crippen LogP contribution in [0.1, 0.15) is 43.7 Å². The van der Waals surface area contributed by atoms with E-state index in [0.717, 1.165) is 19.7 Å². The quantitative estimate of drug-likeness (QED) is 0.730. The van der Waals surface area contributed by atoms with Crippen LogP contribution in [0.4, 0.5) is 0 Å². The summed E-state index contributed by atoms with van der Waals surface area (Å²) in [6, 6.07) is 8.59. The lowest BCUT2D eigenvalue weighted by Crippen LogP contribution is -2.22. The van der Waals surface area contributed by atoms with Gasteiger partial charge in [-0.1, -0.05) is 31.2 Å². The van der Waals surface area contributed by atoms with Crippen molar-refractivity contribution in [3.63, 3.8) is 0 Å². The van der Waals surface area contributed by atoms with Crippen molar-refractivity contribution in [1.82, 2.24) is 5.32 Å². The van der Waals surface area contributed by atoms with Gasteiger partial charge in [-0.2, -0.15) is 0 Å². The van der Waals surface area contributed by atoms with E-state index in [-0.39, 0.29) is 0 Å². The van der Waals surface area contributed by atoms with Gasteiger partial charge in [0.05, 0.1) is 12.7 Å². The lowest BCUT2D eigenvalue weighted by molar-refractivity contribution is -0.00896. The number of nitrogens with one attached hydrogen (secondary N) is 1. The Kier molecular flexibility index (Phi) is 5.02. The Morgan fingerprint density at radius 2 is 2.00 bits per heavy atom. The molecule has 1 saturated carbocycles. The van der Waals surface area contributed by atoms with E-state index in [1.807, 2.05) is 0 Å². The van der Waals surface area contributed by atoms with Crippen LogP contribution in [-0.4, -0.2) is 12.6 Å². The van der Waals surface area contributed by atoms with Gasteiger partial charge in [0.25, 0.3) is 0 Å². The molecule has 1 aromatic rings. The van der Waals surface area contributed by atoms with Crippen molar-refractivity contribution in [3.8, 4) is 0 Å². The largest absolute Gasteiger partial charge is 0.374 e. The van der Waals surface area contributed by atoms with E-state index in [1.165, 1.54) is 36.8 Å². The topological polar surface area (TPSA) is 21.3 Å². The van der Waals surface area contributed by atoms with E-state index < -0.39 is 0 Å². The fraction of sp³-hybridized carbons (Fsp3) is 0.600. The second-order valence-electron chi connectivity index (χ2n) is 4.81. The summed E-state index contributed by atoms with van der Waals surface area (Å²) in [4.78, 5) is 0. The fourth-order valence-corrected chi connectivity index (χ4v) is 2.02. The lowest BCUT2D eigenvalue weighted by Gasteiger charge is -2.26. The molecule has 1 fully saturated rings. The summed E-state index contributed by atoms with van der Waals surface area (Å²) in [5.41, 5.74) is 2.71. The summed E-state index contributed by atoms with van der Waals surface area (Å²) < 4.78 is 5.88. The zero-order valence-corrected chi connectivity index (χ0v) is 10.7. The van der Waals surface area contributed by atoms with Crippen molar-refractivity contribution >= 4 is 0 Å². The fourth-order valence-electron chi connectivity index (χ4n) is 2.02. The molecule has 0 spiro atoms. The Morgan fingerprint density at radius 3 is 2.65 bits per heavy atom. The summed E-state index contributed by atoms with van der Waals surface area (Å²) >= 11 is 0. The van der Waals surface area contributed by atoms with Gasteiger partial charge in [0.1, 0.15) is 0 Å². The number of ether oxygens (including phenoxy) is 1. The van der Waals surface area contributed by atoms with Crippen molar-refractivity contribution in [2.75, 3.05) is 6.54 Å². The molecule has 0 heterocycles. The Labute approximate surface area is 104 Å². The van der Waals surface area contributed by atoms with E-state index in [4.69, 9.17) is 4.74 Å². The normalized spacial score (nSPS) is 15.8. The van der Waals surface area contributed by atoms with E-state index in [2.05, 4.69) is 36.5 Å². The third-order valence-corrected chi connectivity index (χ3v) is 3.39. The van der Waals surface area contributed by atoms with Crippen LogP contribution >= 0.6 is 0 Å². The number of benzene rings is 1. The maximum atomic E-state index is 5.88. The molecule has 1 aromatic carbocycles. The number of rotatable bonds is 7. The molecule has 0 aromatic heterocycles. The molecule has 0 aliphatic heterocycles. The van der Waals surface area contributed by atoms with Crippen LogP contribution in [0.2, 0.25) is 0 Å². The number of hydrogen-bond acceptors (Lipinski definition) is 2. The summed E-state index contributed by atoms with van der Waals surface area (Å²) in [6.45, 7) is 5.00. The van der Waals surface area contributed by atoms with Crippen molar-refractivity contribution in [2.45, 2.75) is 51.9 Å². The molecule has 0 atom stereocenters. The van der Waals surface area contributed by atoms with Crippen molar-refractivity contribution in [2.24, 2.45) is 0 Å². The molecule has 0 bridgehead atoms. The predicted molar refractivity (Wildman–Crippen MR) is 70.9 cm³/mol. The van der Waals surface area contributed by atoms with Crippen LogP contribution in [0.5, 0.6) is 0 Å². The van der Waals surface area contributed by atoms with Gasteiger partial charge in [-0.3, -0.25) is 0 Å². The standard InChI is InChI=1S/C15H23NO/c1-2-10-16-11-13-6-3-4-7-14(13)12-17-15-8-5-9-15/h3-4,6-7,15-16H,2,5,8-12H2,1H3. The molecule has 0 unspecified atom stereocenters. The Hall–Kier alpha value is -0.860. The Bertz CT molecular complexity index is 333. The molecule has 94 valence electrons. The SMILES string of the molecule is CCCNCc1ccccc1COC1CCC1. The van der Waals surface area contributed by atoms with E-state index in [0.29, 0.717) is 6.10 Å². The average molecular weight is 233 g/mol. The first-order valence-electron chi connectivity index (χ1n) is 6.79. The lowest BCUT2D eigenvalue weighted by atomic mass is 9.96. The van der Waals surface area contributed by atoms with Crippen molar-refractivity contribution in [1.29, 1.82) is 0 Å². The van der Waals surface area contributed by atoms with Crippen molar-refractivity contribution < 1.29 is 4.74 Å². The van der Waals surface area contributed by atoms with Crippen molar-refractivity contribution in [3.05, 3.63) is 35.4 Å². The predicted octanol–water partition coefficient (Wildman–Crippen LogP) is 3.26. The highest BCUT2D eigenvalue weighted by Gasteiger charge is 2.17. The molecular weight excluding hydrogens is 210 g/mol. The third-order valence-electron chi connectivity index (χ3n) is 3.39. The molecule has 0 saturated heterocycles. The van der Waals surface area contributed by atoms with Gasteiger partial charge < -0.3 is 10.1 Å². The van der Waals surface area contributed by atoms with E-state index in [1.54, 1.807) is 0 Å². The molecule has 2 rings (SSSR count). The van der Waals surface area contributed by atoms with Crippen LogP contribution in [0.3, 0.4) is 0 Å². The zero-order chi connectivity index (χ0) is 11.9. The maximum absolute atomic E-state index is 5.88. The van der Waals surface area contributed by atoms with Gasteiger partial charge in [0.15, 0.2) is 0 Å². The molecule has 17 heavy (non-hydrogen) atoms. The maximum Gasteiger partial charge on any atom is 0.0723 e. The van der Waals surface area contributed by atoms with Gasteiger partial charge in [-0.25, -0.2) is 0 Å². The summed E-state index contributed by atoms with van der Waals surface area (Å²) in [5.74, 6) is 0. The molecule has 2 nitrogen and oxygen atoms in total.